The van der Waals surface area contributed by atoms with E-state index in [9.17, 15) is 0 Å². The Morgan fingerprint density at radius 1 is 1.19 bits per heavy atom. The molecule has 0 saturated carbocycles. The van der Waals surface area contributed by atoms with E-state index in [1.807, 2.05) is 0 Å². The van der Waals surface area contributed by atoms with Crippen LogP contribution in [0.15, 0.2) is 12.1 Å². The van der Waals surface area contributed by atoms with E-state index in [-0.39, 0.29) is 0 Å². The number of hydrogen-bond acceptors (Lipinski definition) is 3. The number of hydrogen-bond donors (Lipinski definition) is 1. The molecule has 0 aliphatic carbocycles. The quantitative estimate of drug-likeness (QED) is 0.837. The average molecular weight is 219 g/mol. The minimum Gasteiger partial charge on any atom is -0.357 e. The Morgan fingerprint density at radius 2 is 1.94 bits per heavy atom. The van der Waals surface area contributed by atoms with E-state index in [1.165, 1.54) is 11.3 Å². The van der Waals surface area contributed by atoms with Crippen LogP contribution in [-0.2, 0) is 12.8 Å². The highest BCUT2D eigenvalue weighted by Crippen LogP contribution is 2.17. The normalized spacial score (nSPS) is 15.4. The van der Waals surface area contributed by atoms with E-state index in [2.05, 4.69) is 36.2 Å². The lowest BCUT2D eigenvalue weighted by molar-refractivity contribution is 0.708. The molecule has 0 aromatic carbocycles. The van der Waals surface area contributed by atoms with Crippen molar-refractivity contribution in [3.05, 3.63) is 23.4 Å². The van der Waals surface area contributed by atoms with Crippen LogP contribution >= 0.6 is 0 Å². The lowest BCUT2D eigenvalue weighted by Gasteiger charge is -2.21. The molecule has 0 bridgehead atoms. The zero-order valence-electron chi connectivity index (χ0n) is 10.3. The summed E-state index contributed by atoms with van der Waals surface area (Å²) in [5, 5.41) is 3.42. The van der Waals surface area contributed by atoms with Crippen molar-refractivity contribution in [2.24, 2.45) is 0 Å². The highest BCUT2D eigenvalue weighted by atomic mass is 15.2. The molecule has 1 aliphatic rings. The molecule has 0 radical (unpaired) electrons. The van der Waals surface area contributed by atoms with E-state index in [4.69, 9.17) is 4.98 Å². The maximum Gasteiger partial charge on any atom is 0.128 e. The fourth-order valence-corrected chi connectivity index (χ4v) is 2.24. The van der Waals surface area contributed by atoms with Crippen LogP contribution in [0.4, 0.5) is 5.82 Å². The summed E-state index contributed by atoms with van der Waals surface area (Å²) in [5.74, 6) is 1.13. The van der Waals surface area contributed by atoms with Gasteiger partial charge in [0.15, 0.2) is 0 Å². The predicted molar refractivity (Wildman–Crippen MR) is 68.1 cm³/mol. The number of nitrogens with zero attached hydrogens (tertiary/aromatic N) is 2. The molecule has 0 fully saturated rings. The zero-order valence-corrected chi connectivity index (χ0v) is 10.3. The third-order valence-electron chi connectivity index (χ3n) is 3.25. The van der Waals surface area contributed by atoms with Gasteiger partial charge >= 0.3 is 0 Å². The van der Waals surface area contributed by atoms with E-state index in [1.54, 1.807) is 0 Å². The number of aromatic nitrogens is 1. The van der Waals surface area contributed by atoms with Gasteiger partial charge in [-0.25, -0.2) is 4.98 Å². The first kappa shape index (κ1) is 11.4. The van der Waals surface area contributed by atoms with Crippen molar-refractivity contribution in [3.63, 3.8) is 0 Å². The fourth-order valence-electron chi connectivity index (χ4n) is 2.24. The highest BCUT2D eigenvalue weighted by Gasteiger charge is 2.11. The second kappa shape index (κ2) is 5.30. The summed E-state index contributed by atoms with van der Waals surface area (Å²) in [4.78, 5) is 7.11. The molecule has 0 spiro atoms. The van der Waals surface area contributed by atoms with Crippen molar-refractivity contribution < 1.29 is 0 Å². The summed E-state index contributed by atoms with van der Waals surface area (Å²) in [6.07, 6.45) is 2.17. The summed E-state index contributed by atoms with van der Waals surface area (Å²) < 4.78 is 0. The second-order valence-electron chi connectivity index (χ2n) is 4.20. The molecule has 3 heteroatoms. The molecule has 2 heterocycles. The van der Waals surface area contributed by atoms with Crippen LogP contribution in [-0.4, -0.2) is 31.2 Å². The number of anilines is 1. The number of fused-ring (bicyclic) bond motifs is 1. The number of pyridine rings is 1. The van der Waals surface area contributed by atoms with Gasteiger partial charge in [0.2, 0.25) is 0 Å². The maximum atomic E-state index is 4.80. The molecule has 3 nitrogen and oxygen atoms in total. The van der Waals surface area contributed by atoms with Crippen molar-refractivity contribution in [2.75, 3.05) is 31.1 Å². The Bertz CT molecular complexity index is 345. The smallest absolute Gasteiger partial charge is 0.128 e. The maximum absolute atomic E-state index is 4.80. The van der Waals surface area contributed by atoms with Crippen LogP contribution in [0.5, 0.6) is 0 Å². The minimum absolute atomic E-state index is 1.03. The standard InChI is InChI=1S/C13H21N3/c1-3-16(4-2)13-6-5-11-7-9-14-10-8-12(11)15-13/h5-6,14H,3-4,7-10H2,1-2H3. The Balaban J connectivity index is 2.26. The highest BCUT2D eigenvalue weighted by molar-refractivity contribution is 5.42. The van der Waals surface area contributed by atoms with Gasteiger partial charge in [-0.2, -0.15) is 0 Å². The SMILES string of the molecule is CCN(CC)c1ccc2c(n1)CCNCC2. The Hall–Kier alpha value is -1.09. The number of nitrogens with one attached hydrogen (secondary N) is 1. The summed E-state index contributed by atoms with van der Waals surface area (Å²) >= 11 is 0. The first-order valence-electron chi connectivity index (χ1n) is 6.29. The minimum atomic E-state index is 1.03. The monoisotopic (exact) mass is 219 g/mol. The Kier molecular flexibility index (Phi) is 3.78. The topological polar surface area (TPSA) is 28.2 Å². The Labute approximate surface area is 97.9 Å². The molecular formula is C13H21N3. The third kappa shape index (κ3) is 2.35. The van der Waals surface area contributed by atoms with Crippen LogP contribution in [0.2, 0.25) is 0 Å². The molecule has 0 amide bonds. The second-order valence-corrected chi connectivity index (χ2v) is 4.20. The summed E-state index contributed by atoms with van der Waals surface area (Å²) in [6.45, 7) is 8.55. The summed E-state index contributed by atoms with van der Waals surface area (Å²) in [6, 6.07) is 4.42. The van der Waals surface area contributed by atoms with Crippen LogP contribution in [0.1, 0.15) is 25.1 Å². The average Bonchev–Trinajstić information content (AvgIpc) is 2.55. The molecule has 1 aromatic heterocycles. The van der Waals surface area contributed by atoms with E-state index < -0.39 is 0 Å². The first-order chi connectivity index (χ1) is 7.85. The first-order valence-corrected chi connectivity index (χ1v) is 6.29. The summed E-state index contributed by atoms with van der Waals surface area (Å²) in [5.41, 5.74) is 2.70. The van der Waals surface area contributed by atoms with Crippen molar-refractivity contribution >= 4 is 5.82 Å². The van der Waals surface area contributed by atoms with Crippen molar-refractivity contribution in [3.8, 4) is 0 Å². The van der Waals surface area contributed by atoms with Crippen LogP contribution < -0.4 is 10.2 Å². The molecule has 1 aromatic rings. The van der Waals surface area contributed by atoms with Gasteiger partial charge in [0.05, 0.1) is 0 Å². The lowest BCUT2D eigenvalue weighted by Crippen LogP contribution is -2.23. The molecule has 88 valence electrons. The van der Waals surface area contributed by atoms with Crippen LogP contribution in [0.3, 0.4) is 0 Å². The van der Waals surface area contributed by atoms with Crippen molar-refractivity contribution in [1.82, 2.24) is 10.3 Å². The third-order valence-corrected chi connectivity index (χ3v) is 3.25. The van der Waals surface area contributed by atoms with Gasteiger partial charge in [0.1, 0.15) is 5.82 Å². The van der Waals surface area contributed by atoms with E-state index in [0.29, 0.717) is 0 Å². The van der Waals surface area contributed by atoms with Gasteiger partial charge < -0.3 is 10.2 Å². The number of rotatable bonds is 3. The van der Waals surface area contributed by atoms with E-state index in [0.717, 1.165) is 44.8 Å². The van der Waals surface area contributed by atoms with Crippen molar-refractivity contribution in [2.45, 2.75) is 26.7 Å². The lowest BCUT2D eigenvalue weighted by atomic mass is 10.1. The van der Waals surface area contributed by atoms with Gasteiger partial charge in [0, 0.05) is 31.7 Å². The zero-order chi connectivity index (χ0) is 11.4. The predicted octanol–water partition coefficient (Wildman–Crippen LogP) is 1.62. The molecule has 0 saturated heterocycles. The van der Waals surface area contributed by atoms with Crippen LogP contribution in [0.25, 0.3) is 0 Å². The van der Waals surface area contributed by atoms with Gasteiger partial charge in [0.25, 0.3) is 0 Å². The molecule has 16 heavy (non-hydrogen) atoms. The largest absolute Gasteiger partial charge is 0.357 e. The summed E-state index contributed by atoms with van der Waals surface area (Å²) in [7, 11) is 0. The van der Waals surface area contributed by atoms with Gasteiger partial charge in [-0.1, -0.05) is 6.07 Å². The molecular weight excluding hydrogens is 198 g/mol. The molecule has 1 N–H and O–H groups in total. The fraction of sp³-hybridized carbons (Fsp3) is 0.615. The van der Waals surface area contributed by atoms with Gasteiger partial charge in [-0.3, -0.25) is 0 Å². The van der Waals surface area contributed by atoms with Crippen molar-refractivity contribution in [1.29, 1.82) is 0 Å². The Morgan fingerprint density at radius 3 is 2.69 bits per heavy atom. The van der Waals surface area contributed by atoms with Gasteiger partial charge in [-0.05, 0) is 38.4 Å². The molecule has 0 atom stereocenters. The molecule has 2 rings (SSSR count). The molecule has 0 unspecified atom stereocenters. The van der Waals surface area contributed by atoms with Gasteiger partial charge in [-0.15, -0.1) is 0 Å². The van der Waals surface area contributed by atoms with Crippen LogP contribution in [0, 0.1) is 0 Å². The van der Waals surface area contributed by atoms with E-state index >= 15 is 0 Å². The molecule has 1 aliphatic heterocycles.